The molecule has 0 aliphatic heterocycles. The zero-order valence-electron chi connectivity index (χ0n) is 7.73. The lowest BCUT2D eigenvalue weighted by Gasteiger charge is -2.05. The van der Waals surface area contributed by atoms with Crippen molar-refractivity contribution in [1.82, 2.24) is 0 Å². The minimum absolute atomic E-state index is 0.169. The van der Waals surface area contributed by atoms with Crippen molar-refractivity contribution in [3.63, 3.8) is 0 Å². The molecule has 5 nitrogen and oxygen atoms in total. The molecule has 0 bridgehead atoms. The molecule has 0 saturated carbocycles. The average Bonchev–Trinajstić information content (AvgIpc) is 2.09. The summed E-state index contributed by atoms with van der Waals surface area (Å²) in [7, 11) is 1.51. The predicted octanol–water partition coefficient (Wildman–Crippen LogP) is 0.610. The normalized spacial score (nSPS) is 13.1. The van der Waals surface area contributed by atoms with Gasteiger partial charge in [-0.2, -0.15) is 0 Å². The number of aliphatic carboxylic acids is 1. The molecule has 1 unspecified atom stereocenters. The van der Waals surface area contributed by atoms with Crippen LogP contribution in [-0.2, 0) is 19.0 Å². The van der Waals surface area contributed by atoms with Crippen molar-refractivity contribution in [3.05, 3.63) is 12.3 Å². The summed E-state index contributed by atoms with van der Waals surface area (Å²) in [4.78, 5) is 10.1. The van der Waals surface area contributed by atoms with E-state index in [4.69, 9.17) is 14.6 Å². The van der Waals surface area contributed by atoms with Gasteiger partial charge in [0.15, 0.2) is 6.79 Å². The molecule has 0 fully saturated rings. The molecule has 0 aromatic carbocycles. The van der Waals surface area contributed by atoms with Crippen LogP contribution in [0.3, 0.4) is 0 Å². The SMILES string of the molecule is COCOC=CC(C)OCC(=O)O. The van der Waals surface area contributed by atoms with E-state index in [9.17, 15) is 4.79 Å². The van der Waals surface area contributed by atoms with Crippen LogP contribution in [0.2, 0.25) is 0 Å². The summed E-state index contributed by atoms with van der Waals surface area (Å²) in [6.45, 7) is 1.58. The number of carboxylic acid groups (broad SMARTS) is 1. The van der Waals surface area contributed by atoms with E-state index in [1.807, 2.05) is 0 Å². The van der Waals surface area contributed by atoms with Crippen molar-refractivity contribution >= 4 is 5.97 Å². The van der Waals surface area contributed by atoms with Gasteiger partial charge in [-0.1, -0.05) is 0 Å². The van der Waals surface area contributed by atoms with Crippen LogP contribution in [0.15, 0.2) is 12.3 Å². The Hall–Kier alpha value is -1.07. The Labute approximate surface area is 76.9 Å². The smallest absolute Gasteiger partial charge is 0.329 e. The number of ether oxygens (including phenoxy) is 3. The van der Waals surface area contributed by atoms with E-state index in [-0.39, 0.29) is 19.5 Å². The van der Waals surface area contributed by atoms with Crippen molar-refractivity contribution in [2.24, 2.45) is 0 Å². The number of methoxy groups -OCH3 is 1. The van der Waals surface area contributed by atoms with E-state index in [1.165, 1.54) is 13.4 Å². The summed E-state index contributed by atoms with van der Waals surface area (Å²) in [5.41, 5.74) is 0. The standard InChI is InChI=1S/C8H14O5/c1-7(13-5-8(9)10)3-4-12-6-11-2/h3-4,7H,5-6H2,1-2H3,(H,9,10). The molecule has 5 heteroatoms. The molecule has 0 saturated heterocycles. The Morgan fingerprint density at radius 1 is 1.62 bits per heavy atom. The molecule has 76 valence electrons. The Morgan fingerprint density at radius 3 is 2.85 bits per heavy atom. The van der Waals surface area contributed by atoms with Gasteiger partial charge in [0.1, 0.15) is 6.61 Å². The van der Waals surface area contributed by atoms with E-state index >= 15 is 0 Å². The van der Waals surface area contributed by atoms with E-state index in [1.54, 1.807) is 13.0 Å². The molecule has 0 aromatic heterocycles. The molecule has 1 N–H and O–H groups in total. The first-order valence-electron chi connectivity index (χ1n) is 3.77. The molecule has 0 rings (SSSR count). The molecule has 0 spiro atoms. The monoisotopic (exact) mass is 190 g/mol. The van der Waals surface area contributed by atoms with Crippen LogP contribution in [0.4, 0.5) is 0 Å². The zero-order chi connectivity index (χ0) is 10.1. The number of hydrogen-bond acceptors (Lipinski definition) is 4. The highest BCUT2D eigenvalue weighted by Gasteiger charge is 2.00. The van der Waals surface area contributed by atoms with Crippen LogP contribution in [0.1, 0.15) is 6.92 Å². The molecular weight excluding hydrogens is 176 g/mol. The lowest BCUT2D eigenvalue weighted by Crippen LogP contribution is -2.13. The Balaban J connectivity index is 3.43. The third-order valence-corrected chi connectivity index (χ3v) is 1.10. The summed E-state index contributed by atoms with van der Waals surface area (Å²) >= 11 is 0. The number of carbonyl (C=O) groups is 1. The molecule has 0 aliphatic rings. The average molecular weight is 190 g/mol. The minimum Gasteiger partial charge on any atom is -0.480 e. The molecule has 0 aromatic rings. The van der Waals surface area contributed by atoms with Gasteiger partial charge in [-0.05, 0) is 13.0 Å². The van der Waals surface area contributed by atoms with E-state index < -0.39 is 5.97 Å². The Bertz CT molecular complexity index is 166. The van der Waals surface area contributed by atoms with Gasteiger partial charge in [0.2, 0.25) is 0 Å². The maximum absolute atomic E-state index is 10.1. The second kappa shape index (κ2) is 7.57. The van der Waals surface area contributed by atoms with Gasteiger partial charge in [0.25, 0.3) is 0 Å². The highest BCUT2D eigenvalue weighted by molar-refractivity contribution is 5.68. The van der Waals surface area contributed by atoms with Gasteiger partial charge in [-0.3, -0.25) is 0 Å². The molecule has 0 aliphatic carbocycles. The molecule has 13 heavy (non-hydrogen) atoms. The minimum atomic E-state index is -0.988. The first-order valence-corrected chi connectivity index (χ1v) is 3.77. The maximum Gasteiger partial charge on any atom is 0.329 e. The summed E-state index contributed by atoms with van der Waals surface area (Å²) in [5.74, 6) is -0.988. The van der Waals surface area contributed by atoms with E-state index in [0.717, 1.165) is 0 Å². The maximum atomic E-state index is 10.1. The lowest BCUT2D eigenvalue weighted by molar-refractivity contribution is -0.143. The molecule has 0 amide bonds. The van der Waals surface area contributed by atoms with E-state index in [2.05, 4.69) is 4.74 Å². The second-order valence-corrected chi connectivity index (χ2v) is 2.31. The highest BCUT2D eigenvalue weighted by Crippen LogP contribution is 1.93. The van der Waals surface area contributed by atoms with Gasteiger partial charge in [-0.25, -0.2) is 4.79 Å². The predicted molar refractivity (Wildman–Crippen MR) is 45.2 cm³/mol. The summed E-state index contributed by atoms with van der Waals surface area (Å²) in [5, 5.41) is 8.27. The fraction of sp³-hybridized carbons (Fsp3) is 0.625. The summed E-state index contributed by atoms with van der Waals surface area (Å²) < 4.78 is 14.3. The van der Waals surface area contributed by atoms with Crippen LogP contribution in [-0.4, -0.2) is 37.7 Å². The number of rotatable bonds is 7. The van der Waals surface area contributed by atoms with Crippen LogP contribution in [0.5, 0.6) is 0 Å². The largest absolute Gasteiger partial charge is 0.480 e. The Kier molecular flexibility index (Phi) is 6.95. The van der Waals surface area contributed by atoms with Crippen molar-refractivity contribution in [2.75, 3.05) is 20.5 Å². The van der Waals surface area contributed by atoms with Crippen LogP contribution in [0.25, 0.3) is 0 Å². The zero-order valence-corrected chi connectivity index (χ0v) is 7.73. The first-order chi connectivity index (χ1) is 6.16. The van der Waals surface area contributed by atoms with Gasteiger partial charge in [0, 0.05) is 7.11 Å². The molecular formula is C8H14O5. The summed E-state index contributed by atoms with van der Waals surface area (Å²) in [6.07, 6.45) is 2.73. The van der Waals surface area contributed by atoms with Gasteiger partial charge in [0.05, 0.1) is 12.4 Å². The van der Waals surface area contributed by atoms with Gasteiger partial charge in [-0.15, -0.1) is 0 Å². The fourth-order valence-electron chi connectivity index (χ4n) is 0.532. The van der Waals surface area contributed by atoms with Gasteiger partial charge < -0.3 is 19.3 Å². The molecule has 1 atom stereocenters. The lowest BCUT2D eigenvalue weighted by atomic mass is 10.4. The summed E-state index contributed by atoms with van der Waals surface area (Å²) in [6, 6.07) is 0. The molecule has 0 radical (unpaired) electrons. The van der Waals surface area contributed by atoms with Crippen molar-refractivity contribution < 1.29 is 24.1 Å². The number of carboxylic acids is 1. The van der Waals surface area contributed by atoms with E-state index in [0.29, 0.717) is 0 Å². The number of hydrogen-bond donors (Lipinski definition) is 1. The van der Waals surface area contributed by atoms with Crippen molar-refractivity contribution in [1.29, 1.82) is 0 Å². The van der Waals surface area contributed by atoms with Crippen LogP contribution >= 0.6 is 0 Å². The van der Waals surface area contributed by atoms with Gasteiger partial charge >= 0.3 is 5.97 Å². The molecule has 0 heterocycles. The van der Waals surface area contributed by atoms with Crippen molar-refractivity contribution in [3.8, 4) is 0 Å². The fourth-order valence-corrected chi connectivity index (χ4v) is 0.532. The quantitative estimate of drug-likeness (QED) is 0.362. The first kappa shape index (κ1) is 11.9. The van der Waals surface area contributed by atoms with Crippen LogP contribution < -0.4 is 0 Å². The second-order valence-electron chi connectivity index (χ2n) is 2.31. The third-order valence-electron chi connectivity index (χ3n) is 1.10. The topological polar surface area (TPSA) is 65.0 Å². The van der Waals surface area contributed by atoms with Crippen molar-refractivity contribution in [2.45, 2.75) is 13.0 Å². The van der Waals surface area contributed by atoms with Crippen LogP contribution in [0, 0.1) is 0 Å². The third kappa shape index (κ3) is 8.84. The Morgan fingerprint density at radius 2 is 2.31 bits per heavy atom. The highest BCUT2D eigenvalue weighted by atomic mass is 16.7.